The maximum atomic E-state index is 13.1. The summed E-state index contributed by atoms with van der Waals surface area (Å²) in [7, 11) is -9.90. The predicted octanol–water partition coefficient (Wildman–Crippen LogP) is 22.3. The number of hydrogen-bond acceptors (Lipinski definition) is 15. The molecule has 19 heteroatoms. The third kappa shape index (κ3) is 70.3. The highest BCUT2D eigenvalue weighted by Gasteiger charge is 2.30. The number of phosphoric acid groups is 2. The number of esters is 4. The molecule has 5 atom stereocenters. The molecule has 95 heavy (non-hydrogen) atoms. The number of ether oxygens (including phenoxy) is 4. The van der Waals surface area contributed by atoms with Gasteiger partial charge in [0.2, 0.25) is 0 Å². The van der Waals surface area contributed by atoms with Gasteiger partial charge in [0.25, 0.3) is 0 Å². The van der Waals surface area contributed by atoms with Crippen molar-refractivity contribution in [2.45, 2.75) is 413 Å². The average Bonchev–Trinajstić information content (AvgIpc) is 1.52. The summed E-state index contributed by atoms with van der Waals surface area (Å²) in [6, 6.07) is 0. The number of aliphatic hydroxyl groups excluding tert-OH is 1. The number of rotatable bonds is 75. The smallest absolute Gasteiger partial charge is 0.462 e. The van der Waals surface area contributed by atoms with Gasteiger partial charge < -0.3 is 33.8 Å². The molecule has 0 aromatic rings. The van der Waals surface area contributed by atoms with E-state index in [9.17, 15) is 43.2 Å². The molecule has 564 valence electrons. The first-order valence-electron chi connectivity index (χ1n) is 39.5. The van der Waals surface area contributed by atoms with E-state index in [1.54, 1.807) is 0 Å². The maximum absolute atomic E-state index is 13.1. The lowest BCUT2D eigenvalue weighted by molar-refractivity contribution is -0.161. The van der Waals surface area contributed by atoms with E-state index in [4.69, 9.17) is 37.0 Å². The first kappa shape index (κ1) is 93.1. The molecule has 0 aromatic heterocycles. The molecule has 0 aliphatic heterocycles. The van der Waals surface area contributed by atoms with Crippen LogP contribution in [0.15, 0.2) is 0 Å². The number of unbranched alkanes of at least 4 members (excludes halogenated alkanes) is 45. The number of carbonyl (C=O) groups excluding carboxylic acids is 4. The molecular weight excluding hydrogens is 1250 g/mol. The van der Waals surface area contributed by atoms with E-state index in [-0.39, 0.29) is 25.7 Å². The van der Waals surface area contributed by atoms with Gasteiger partial charge in [0, 0.05) is 25.7 Å². The highest BCUT2D eigenvalue weighted by molar-refractivity contribution is 7.47. The SMILES string of the molecule is CCCCCCCCCCCCCCCCCCCCC(=O)OC[C@H](COP(=O)(O)OC[C@@H](O)COP(=O)(O)OC[C@@H](COC(=O)CCCCCCCCC)OC(=O)CCCCCCCCCCC(C)C)OC(=O)CCCCCCCCCCCCCCCCCCC(C)C. The van der Waals surface area contributed by atoms with E-state index < -0.39 is 97.5 Å². The molecule has 0 amide bonds. The maximum Gasteiger partial charge on any atom is 0.472 e. The Morgan fingerprint density at radius 2 is 0.484 bits per heavy atom. The molecule has 3 N–H and O–H groups in total. The van der Waals surface area contributed by atoms with Gasteiger partial charge in [-0.3, -0.25) is 37.3 Å². The lowest BCUT2D eigenvalue weighted by Gasteiger charge is -2.21. The molecule has 0 saturated heterocycles. The fourth-order valence-corrected chi connectivity index (χ4v) is 13.2. The zero-order valence-electron chi connectivity index (χ0n) is 62.0. The van der Waals surface area contributed by atoms with Gasteiger partial charge in [-0.1, -0.05) is 343 Å². The lowest BCUT2D eigenvalue weighted by Crippen LogP contribution is -2.30. The molecule has 0 radical (unpaired) electrons. The van der Waals surface area contributed by atoms with Gasteiger partial charge in [-0.2, -0.15) is 0 Å². The third-order valence-corrected chi connectivity index (χ3v) is 19.6. The van der Waals surface area contributed by atoms with Crippen LogP contribution in [0.3, 0.4) is 0 Å². The minimum Gasteiger partial charge on any atom is -0.462 e. The molecule has 0 aromatic carbocycles. The fourth-order valence-electron chi connectivity index (χ4n) is 11.7. The summed E-state index contributed by atoms with van der Waals surface area (Å²) in [6.45, 7) is 9.54. The van der Waals surface area contributed by atoms with Crippen molar-refractivity contribution in [1.82, 2.24) is 0 Å². The van der Waals surface area contributed by atoms with E-state index in [2.05, 4.69) is 41.5 Å². The van der Waals surface area contributed by atoms with Crippen LogP contribution in [0, 0.1) is 11.8 Å². The van der Waals surface area contributed by atoms with Gasteiger partial charge in [0.05, 0.1) is 26.4 Å². The lowest BCUT2D eigenvalue weighted by atomic mass is 10.0. The van der Waals surface area contributed by atoms with Gasteiger partial charge in [-0.25, -0.2) is 9.13 Å². The average molecular weight is 1400 g/mol. The Hall–Kier alpha value is -1.94. The van der Waals surface area contributed by atoms with Gasteiger partial charge in [-0.15, -0.1) is 0 Å². The van der Waals surface area contributed by atoms with Crippen LogP contribution < -0.4 is 0 Å². The van der Waals surface area contributed by atoms with E-state index in [0.29, 0.717) is 25.7 Å². The van der Waals surface area contributed by atoms with Crippen LogP contribution in [-0.2, 0) is 65.4 Å². The molecule has 0 aliphatic rings. The van der Waals surface area contributed by atoms with Crippen molar-refractivity contribution in [3.8, 4) is 0 Å². The van der Waals surface area contributed by atoms with Gasteiger partial charge >= 0.3 is 39.5 Å². The summed E-state index contributed by atoms with van der Waals surface area (Å²) >= 11 is 0. The third-order valence-electron chi connectivity index (χ3n) is 17.7. The van der Waals surface area contributed by atoms with Crippen molar-refractivity contribution in [3.05, 3.63) is 0 Å². The number of carbonyl (C=O) groups is 4. The molecule has 0 heterocycles. The topological polar surface area (TPSA) is 237 Å². The van der Waals surface area contributed by atoms with Crippen LogP contribution in [0.5, 0.6) is 0 Å². The van der Waals surface area contributed by atoms with Crippen LogP contribution >= 0.6 is 15.6 Å². The molecule has 17 nitrogen and oxygen atoms in total. The molecule has 0 fully saturated rings. The van der Waals surface area contributed by atoms with E-state index in [1.807, 2.05) is 0 Å². The highest BCUT2D eigenvalue weighted by Crippen LogP contribution is 2.45. The quantitative estimate of drug-likeness (QED) is 0.0222. The van der Waals surface area contributed by atoms with Crippen LogP contribution in [0.25, 0.3) is 0 Å². The van der Waals surface area contributed by atoms with Crippen molar-refractivity contribution < 1.29 is 80.2 Å². The molecule has 0 aliphatic carbocycles. The summed E-state index contributed by atoms with van der Waals surface area (Å²) in [5.74, 6) is -0.594. The van der Waals surface area contributed by atoms with Crippen molar-refractivity contribution in [2.24, 2.45) is 11.8 Å². The molecule has 0 saturated carbocycles. The van der Waals surface area contributed by atoms with E-state index in [1.165, 1.54) is 199 Å². The zero-order valence-corrected chi connectivity index (χ0v) is 63.8. The minimum absolute atomic E-state index is 0.104. The first-order chi connectivity index (χ1) is 45.9. The number of aliphatic hydroxyl groups is 1. The van der Waals surface area contributed by atoms with Gasteiger partial charge in [0.1, 0.15) is 19.3 Å². The summed E-state index contributed by atoms with van der Waals surface area (Å²) in [5.41, 5.74) is 0. The predicted molar refractivity (Wildman–Crippen MR) is 386 cm³/mol. The van der Waals surface area contributed by atoms with Crippen molar-refractivity contribution in [1.29, 1.82) is 0 Å². The first-order valence-corrected chi connectivity index (χ1v) is 42.5. The van der Waals surface area contributed by atoms with Crippen LogP contribution in [0.2, 0.25) is 0 Å². The van der Waals surface area contributed by atoms with Gasteiger partial charge in [0.15, 0.2) is 12.2 Å². The van der Waals surface area contributed by atoms with Crippen molar-refractivity contribution in [2.75, 3.05) is 39.6 Å². The normalized spacial score (nSPS) is 14.0. The second-order valence-electron chi connectivity index (χ2n) is 28.3. The van der Waals surface area contributed by atoms with Crippen molar-refractivity contribution >= 4 is 39.5 Å². The van der Waals surface area contributed by atoms with E-state index in [0.717, 1.165) is 115 Å². The summed E-state index contributed by atoms with van der Waals surface area (Å²) in [4.78, 5) is 72.6. The number of phosphoric ester groups is 2. The molecule has 0 rings (SSSR count). The summed E-state index contributed by atoms with van der Waals surface area (Å²) < 4.78 is 68.4. The Bertz CT molecular complexity index is 1840. The Labute approximate surface area is 581 Å². The zero-order chi connectivity index (χ0) is 70.0. The Morgan fingerprint density at radius 3 is 0.716 bits per heavy atom. The Balaban J connectivity index is 5.17. The molecule has 0 spiro atoms. The molecule has 2 unspecified atom stereocenters. The summed E-state index contributed by atoms with van der Waals surface area (Å²) in [5, 5.41) is 10.6. The number of hydrogen-bond donors (Lipinski definition) is 3. The highest BCUT2D eigenvalue weighted by atomic mass is 31.2. The Morgan fingerprint density at radius 1 is 0.284 bits per heavy atom. The standard InChI is InChI=1S/C76H148O17P2/c1-7-9-11-13-15-16-17-18-19-20-21-25-28-31-34-41-47-53-59-74(79)87-65-72(92-75(80)60-54-48-42-35-32-29-26-23-22-24-27-30-33-39-44-50-56-68(3)4)67-91-95(84,85)89-63-70(77)62-88-94(82,83)90-66-71(64-86-73(78)58-52-46-38-14-12-10-8-2)93-76(81)61-55-49-43-37-36-40-45-51-57-69(5)6/h68-72,77H,7-67H2,1-6H3,(H,82,83)(H,84,85)/t70-,71+,72+/m0/s1. The fraction of sp³-hybridized carbons (Fsp3) is 0.947. The van der Waals surface area contributed by atoms with Gasteiger partial charge in [-0.05, 0) is 37.5 Å². The Kier molecular flexibility index (Phi) is 66.5. The van der Waals surface area contributed by atoms with Crippen LogP contribution in [0.4, 0.5) is 0 Å². The minimum atomic E-state index is -4.96. The van der Waals surface area contributed by atoms with E-state index >= 15 is 0 Å². The monoisotopic (exact) mass is 1400 g/mol. The molecule has 0 bridgehead atoms. The largest absolute Gasteiger partial charge is 0.472 e. The molecular formula is C76H148O17P2. The van der Waals surface area contributed by atoms with Crippen LogP contribution in [-0.4, -0.2) is 96.7 Å². The van der Waals surface area contributed by atoms with Crippen molar-refractivity contribution in [3.63, 3.8) is 0 Å². The second kappa shape index (κ2) is 67.9. The second-order valence-corrected chi connectivity index (χ2v) is 31.3. The summed E-state index contributed by atoms with van der Waals surface area (Å²) in [6.07, 6.45) is 55.8. The van der Waals surface area contributed by atoms with Crippen LogP contribution in [0.1, 0.15) is 395 Å².